The SMILES string of the molecule is CC(Sc1ccc([N+](=O)[O-])cc1)C(=O)Nc1sc2c(c1C(N)=O)CCC2. The van der Waals surface area contributed by atoms with E-state index in [4.69, 9.17) is 5.73 Å². The predicted octanol–water partition coefficient (Wildman–Crippen LogP) is 3.36. The molecule has 1 unspecified atom stereocenters. The average molecular weight is 391 g/mol. The van der Waals surface area contributed by atoms with Crippen LogP contribution in [0.5, 0.6) is 0 Å². The smallest absolute Gasteiger partial charge is 0.269 e. The Balaban J connectivity index is 1.70. The van der Waals surface area contributed by atoms with Crippen LogP contribution in [0.3, 0.4) is 0 Å². The maximum Gasteiger partial charge on any atom is 0.269 e. The molecule has 1 aliphatic carbocycles. The number of benzene rings is 1. The number of nitrogens with zero attached hydrogens (tertiary/aromatic N) is 1. The van der Waals surface area contributed by atoms with E-state index in [9.17, 15) is 19.7 Å². The molecule has 1 aliphatic rings. The second-order valence-electron chi connectivity index (χ2n) is 5.93. The van der Waals surface area contributed by atoms with E-state index >= 15 is 0 Å². The predicted molar refractivity (Wildman–Crippen MR) is 102 cm³/mol. The van der Waals surface area contributed by atoms with Gasteiger partial charge in [0.25, 0.3) is 11.6 Å². The van der Waals surface area contributed by atoms with Gasteiger partial charge in [0, 0.05) is 21.9 Å². The minimum Gasteiger partial charge on any atom is -0.365 e. The van der Waals surface area contributed by atoms with Crippen molar-refractivity contribution < 1.29 is 14.5 Å². The lowest BCUT2D eigenvalue weighted by Gasteiger charge is -2.12. The molecule has 0 aliphatic heterocycles. The second-order valence-corrected chi connectivity index (χ2v) is 8.45. The Labute approximate surface area is 158 Å². The van der Waals surface area contributed by atoms with Gasteiger partial charge in [-0.2, -0.15) is 0 Å². The molecule has 136 valence electrons. The molecule has 2 amide bonds. The van der Waals surface area contributed by atoms with Crippen molar-refractivity contribution in [2.24, 2.45) is 5.73 Å². The second kappa shape index (κ2) is 7.46. The van der Waals surface area contributed by atoms with Crippen molar-refractivity contribution in [1.82, 2.24) is 0 Å². The number of hydrogen-bond acceptors (Lipinski definition) is 6. The van der Waals surface area contributed by atoms with Crippen molar-refractivity contribution in [3.8, 4) is 0 Å². The number of nitrogens with two attached hydrogens (primary N) is 1. The molecule has 0 radical (unpaired) electrons. The van der Waals surface area contributed by atoms with Crippen molar-refractivity contribution >= 4 is 45.6 Å². The third-order valence-corrected chi connectivity index (χ3v) is 6.45. The molecule has 0 fully saturated rings. The van der Waals surface area contributed by atoms with E-state index in [-0.39, 0.29) is 11.6 Å². The largest absolute Gasteiger partial charge is 0.365 e. The number of primary amides is 1. The number of hydrogen-bond donors (Lipinski definition) is 2. The summed E-state index contributed by atoms with van der Waals surface area (Å²) in [5.74, 6) is -0.758. The van der Waals surface area contributed by atoms with Crippen molar-refractivity contribution in [2.75, 3.05) is 5.32 Å². The number of aryl methyl sites for hydroxylation is 1. The Kier molecular flexibility index (Phi) is 5.28. The maximum absolute atomic E-state index is 12.5. The summed E-state index contributed by atoms with van der Waals surface area (Å²) in [6, 6.07) is 6.03. The summed E-state index contributed by atoms with van der Waals surface area (Å²) in [6.45, 7) is 1.74. The fraction of sp³-hybridized carbons (Fsp3) is 0.294. The summed E-state index contributed by atoms with van der Waals surface area (Å²) in [4.78, 5) is 36.4. The molecule has 1 aromatic carbocycles. The summed E-state index contributed by atoms with van der Waals surface area (Å²) in [5.41, 5.74) is 6.91. The summed E-state index contributed by atoms with van der Waals surface area (Å²) >= 11 is 2.71. The van der Waals surface area contributed by atoms with Gasteiger partial charge in [-0.1, -0.05) is 0 Å². The topological polar surface area (TPSA) is 115 Å². The van der Waals surface area contributed by atoms with Gasteiger partial charge in [-0.15, -0.1) is 23.1 Å². The van der Waals surface area contributed by atoms with Crippen molar-refractivity contribution in [3.63, 3.8) is 0 Å². The van der Waals surface area contributed by atoms with Gasteiger partial charge >= 0.3 is 0 Å². The quantitative estimate of drug-likeness (QED) is 0.445. The molecule has 0 saturated heterocycles. The Morgan fingerprint density at radius 2 is 2.00 bits per heavy atom. The van der Waals surface area contributed by atoms with Crippen LogP contribution in [0.4, 0.5) is 10.7 Å². The number of nitrogens with one attached hydrogen (secondary N) is 1. The molecule has 0 bridgehead atoms. The highest BCUT2D eigenvalue weighted by molar-refractivity contribution is 8.00. The molecule has 3 rings (SSSR count). The van der Waals surface area contributed by atoms with Crippen molar-refractivity contribution in [1.29, 1.82) is 0 Å². The third kappa shape index (κ3) is 3.73. The fourth-order valence-electron chi connectivity index (χ4n) is 2.87. The minimum atomic E-state index is -0.518. The van der Waals surface area contributed by atoms with Crippen LogP contribution in [-0.4, -0.2) is 22.0 Å². The molecule has 1 heterocycles. The summed E-state index contributed by atoms with van der Waals surface area (Å²) in [5, 5.41) is 13.6. The first-order valence-corrected chi connectivity index (χ1v) is 9.72. The molecule has 26 heavy (non-hydrogen) atoms. The van der Waals surface area contributed by atoms with Gasteiger partial charge in [0.1, 0.15) is 5.00 Å². The lowest BCUT2D eigenvalue weighted by molar-refractivity contribution is -0.384. The number of non-ortho nitro benzene ring substituents is 1. The molecule has 3 N–H and O–H groups in total. The Morgan fingerprint density at radius 1 is 1.31 bits per heavy atom. The van der Waals surface area contributed by atoms with Crippen LogP contribution in [0, 0.1) is 10.1 Å². The van der Waals surface area contributed by atoms with Crippen molar-refractivity contribution in [2.45, 2.75) is 36.3 Å². The minimum absolute atomic E-state index is 0.00524. The zero-order valence-electron chi connectivity index (χ0n) is 14.0. The molecule has 9 heteroatoms. The first kappa shape index (κ1) is 18.4. The number of carbonyl (C=O) groups excluding carboxylic acids is 2. The van der Waals surface area contributed by atoms with E-state index < -0.39 is 16.1 Å². The Bertz CT molecular complexity index is 877. The number of amides is 2. The molecule has 1 atom stereocenters. The summed E-state index contributed by atoms with van der Waals surface area (Å²) < 4.78 is 0. The molecule has 1 aromatic heterocycles. The fourth-order valence-corrected chi connectivity index (χ4v) is 5.04. The van der Waals surface area contributed by atoms with E-state index in [2.05, 4.69) is 5.32 Å². The summed E-state index contributed by atoms with van der Waals surface area (Å²) in [7, 11) is 0. The lowest BCUT2D eigenvalue weighted by atomic mass is 10.1. The summed E-state index contributed by atoms with van der Waals surface area (Å²) in [6.07, 6.45) is 2.72. The average Bonchev–Trinajstić information content (AvgIpc) is 3.15. The highest BCUT2D eigenvalue weighted by Gasteiger charge is 2.27. The van der Waals surface area contributed by atoms with Crippen LogP contribution < -0.4 is 11.1 Å². The van der Waals surface area contributed by atoms with Crippen LogP contribution in [0.15, 0.2) is 29.2 Å². The highest BCUT2D eigenvalue weighted by Crippen LogP contribution is 2.39. The number of fused-ring (bicyclic) bond motifs is 1. The van der Waals surface area contributed by atoms with Gasteiger partial charge in [0.15, 0.2) is 0 Å². The van der Waals surface area contributed by atoms with Gasteiger partial charge in [0.05, 0.1) is 15.7 Å². The number of thioether (sulfide) groups is 1. The first-order chi connectivity index (χ1) is 12.4. The lowest BCUT2D eigenvalue weighted by Crippen LogP contribution is -2.24. The van der Waals surface area contributed by atoms with Gasteiger partial charge in [0.2, 0.25) is 5.91 Å². The first-order valence-electron chi connectivity index (χ1n) is 8.03. The molecule has 7 nitrogen and oxygen atoms in total. The highest BCUT2D eigenvalue weighted by atomic mass is 32.2. The molecular weight excluding hydrogens is 374 g/mol. The van der Waals surface area contributed by atoms with E-state index in [1.165, 1.54) is 35.2 Å². The number of thiophene rings is 1. The monoisotopic (exact) mass is 391 g/mol. The Hall–Kier alpha value is -2.39. The number of rotatable bonds is 6. The van der Waals surface area contributed by atoms with E-state index in [0.29, 0.717) is 10.6 Å². The van der Waals surface area contributed by atoms with E-state index in [0.717, 1.165) is 34.6 Å². The van der Waals surface area contributed by atoms with Crippen LogP contribution in [0.25, 0.3) is 0 Å². The number of carbonyl (C=O) groups is 2. The van der Waals surface area contributed by atoms with Crippen LogP contribution in [-0.2, 0) is 17.6 Å². The van der Waals surface area contributed by atoms with Gasteiger partial charge < -0.3 is 11.1 Å². The third-order valence-electron chi connectivity index (χ3n) is 4.13. The van der Waals surface area contributed by atoms with Gasteiger partial charge in [-0.25, -0.2) is 0 Å². The zero-order valence-corrected chi connectivity index (χ0v) is 15.6. The normalized spacial score (nSPS) is 13.9. The molecule has 0 saturated carbocycles. The number of nitro groups is 1. The van der Waals surface area contributed by atoms with Gasteiger partial charge in [-0.05, 0) is 43.9 Å². The molecule has 2 aromatic rings. The van der Waals surface area contributed by atoms with E-state index in [1.54, 1.807) is 19.1 Å². The van der Waals surface area contributed by atoms with Crippen molar-refractivity contribution in [3.05, 3.63) is 50.4 Å². The van der Waals surface area contributed by atoms with Crippen LogP contribution in [0.2, 0.25) is 0 Å². The molecule has 0 spiro atoms. The zero-order chi connectivity index (χ0) is 18.8. The van der Waals surface area contributed by atoms with Crippen LogP contribution in [0.1, 0.15) is 34.1 Å². The van der Waals surface area contributed by atoms with E-state index in [1.807, 2.05) is 0 Å². The van der Waals surface area contributed by atoms with Crippen LogP contribution >= 0.6 is 23.1 Å². The number of nitro benzene ring substituents is 1. The Morgan fingerprint density at radius 3 is 2.62 bits per heavy atom. The maximum atomic E-state index is 12.5. The standard InChI is InChI=1S/C17H17N3O4S2/c1-9(25-11-7-5-10(6-8-11)20(23)24)16(22)19-17-14(15(18)21)12-3-2-4-13(12)26-17/h5-9H,2-4H2,1H3,(H2,18,21)(H,19,22). The molecular formula is C17H17N3O4S2. The van der Waals surface area contributed by atoms with Gasteiger partial charge in [-0.3, -0.25) is 19.7 Å². The number of anilines is 1.